The average molecular weight is 385 g/mol. The highest BCUT2D eigenvalue weighted by Gasteiger charge is 2.28. The van der Waals surface area contributed by atoms with Crippen molar-refractivity contribution in [2.45, 2.75) is 13.0 Å². The fraction of sp³-hybridized carbons (Fsp3) is 0.235. The lowest BCUT2D eigenvalue weighted by Crippen LogP contribution is -2.25. The number of nitrogens with one attached hydrogen (secondary N) is 1. The summed E-state index contributed by atoms with van der Waals surface area (Å²) in [4.78, 5) is 8.36. The summed E-state index contributed by atoms with van der Waals surface area (Å²) in [6, 6.07) is 11.0. The van der Waals surface area contributed by atoms with Gasteiger partial charge >= 0.3 is 0 Å². The topological polar surface area (TPSA) is 119 Å². The maximum Gasteiger partial charge on any atom is 0.235 e. The monoisotopic (exact) mass is 385 g/mol. The van der Waals surface area contributed by atoms with Crippen LogP contribution in [0.3, 0.4) is 0 Å². The van der Waals surface area contributed by atoms with E-state index in [1.54, 1.807) is 29.2 Å². The van der Waals surface area contributed by atoms with Crippen molar-refractivity contribution < 1.29 is 8.42 Å². The first-order valence-electron chi connectivity index (χ1n) is 8.49. The van der Waals surface area contributed by atoms with E-state index in [0.717, 1.165) is 5.56 Å². The smallest absolute Gasteiger partial charge is 0.235 e. The normalized spacial score (nSPS) is 15.8. The number of anilines is 3. The standard InChI is InChI=1S/C17H19N7O2S/c18-17-21-15(11-16(22-17)23-7-2-6-20-23)19-12-13-4-1-5-14(10-13)24-8-3-9-27(24,25)26/h1-2,4-7,10-11H,3,8-9,12H2,(H3,18,19,21,22). The van der Waals surface area contributed by atoms with Crippen LogP contribution in [-0.4, -0.2) is 40.5 Å². The van der Waals surface area contributed by atoms with E-state index in [9.17, 15) is 8.42 Å². The van der Waals surface area contributed by atoms with Gasteiger partial charge in [-0.1, -0.05) is 12.1 Å². The van der Waals surface area contributed by atoms with Gasteiger partial charge in [-0.25, -0.2) is 13.1 Å². The molecule has 27 heavy (non-hydrogen) atoms. The maximum atomic E-state index is 12.1. The second-order valence-corrected chi connectivity index (χ2v) is 8.20. The Morgan fingerprint density at radius 1 is 1.19 bits per heavy atom. The van der Waals surface area contributed by atoms with E-state index >= 15 is 0 Å². The fourth-order valence-corrected chi connectivity index (χ4v) is 4.56. The van der Waals surface area contributed by atoms with Crippen molar-refractivity contribution in [1.82, 2.24) is 19.7 Å². The van der Waals surface area contributed by atoms with Crippen LogP contribution in [0.4, 0.5) is 17.5 Å². The number of nitrogen functional groups attached to an aromatic ring is 1. The minimum atomic E-state index is -3.19. The third-order valence-corrected chi connectivity index (χ3v) is 6.11. The van der Waals surface area contributed by atoms with E-state index in [-0.39, 0.29) is 11.7 Å². The minimum Gasteiger partial charge on any atom is -0.368 e. The lowest BCUT2D eigenvalue weighted by Gasteiger charge is -2.18. The van der Waals surface area contributed by atoms with E-state index in [0.29, 0.717) is 36.8 Å². The Labute approximate surface area is 156 Å². The lowest BCUT2D eigenvalue weighted by atomic mass is 10.2. The molecule has 2 aromatic heterocycles. The molecule has 3 heterocycles. The number of aromatic nitrogens is 4. The van der Waals surface area contributed by atoms with E-state index in [1.807, 2.05) is 24.3 Å². The van der Waals surface area contributed by atoms with Crippen LogP contribution in [0.25, 0.3) is 5.82 Å². The Kier molecular flexibility index (Phi) is 4.40. The zero-order valence-electron chi connectivity index (χ0n) is 14.5. The van der Waals surface area contributed by atoms with Gasteiger partial charge in [-0.2, -0.15) is 15.1 Å². The molecule has 0 bridgehead atoms. The van der Waals surface area contributed by atoms with Gasteiger partial charge in [-0.15, -0.1) is 0 Å². The van der Waals surface area contributed by atoms with Crippen LogP contribution in [0.5, 0.6) is 0 Å². The number of hydrogen-bond donors (Lipinski definition) is 2. The molecule has 0 radical (unpaired) electrons. The van der Waals surface area contributed by atoms with Gasteiger partial charge in [0.2, 0.25) is 16.0 Å². The molecule has 0 atom stereocenters. The number of nitrogens with two attached hydrogens (primary N) is 1. The lowest BCUT2D eigenvalue weighted by molar-refractivity contribution is 0.599. The van der Waals surface area contributed by atoms with Crippen LogP contribution in [0.1, 0.15) is 12.0 Å². The van der Waals surface area contributed by atoms with Crippen LogP contribution in [-0.2, 0) is 16.6 Å². The summed E-state index contributed by atoms with van der Waals surface area (Å²) >= 11 is 0. The van der Waals surface area contributed by atoms with Gasteiger partial charge in [-0.05, 0) is 30.2 Å². The summed E-state index contributed by atoms with van der Waals surface area (Å²) in [6.45, 7) is 0.992. The van der Waals surface area contributed by atoms with Crippen LogP contribution < -0.4 is 15.4 Å². The average Bonchev–Trinajstić information content (AvgIpc) is 3.29. The first-order valence-corrected chi connectivity index (χ1v) is 10.1. The van der Waals surface area contributed by atoms with Crippen molar-refractivity contribution >= 4 is 27.5 Å². The molecule has 0 saturated carbocycles. The molecule has 4 rings (SSSR count). The molecular formula is C17H19N7O2S. The summed E-state index contributed by atoms with van der Waals surface area (Å²) in [6.07, 6.45) is 4.08. The van der Waals surface area contributed by atoms with Gasteiger partial charge in [0, 0.05) is 31.5 Å². The summed E-state index contributed by atoms with van der Waals surface area (Å²) in [7, 11) is -3.19. The van der Waals surface area contributed by atoms with Crippen LogP contribution in [0, 0.1) is 0 Å². The van der Waals surface area contributed by atoms with Crippen molar-refractivity contribution in [3.63, 3.8) is 0 Å². The van der Waals surface area contributed by atoms with Crippen molar-refractivity contribution in [3.05, 3.63) is 54.4 Å². The molecular weight excluding hydrogens is 366 g/mol. The predicted octanol–water partition coefficient (Wildman–Crippen LogP) is 1.40. The first-order chi connectivity index (χ1) is 13.0. The van der Waals surface area contributed by atoms with E-state index in [4.69, 9.17) is 5.73 Å². The number of benzene rings is 1. The van der Waals surface area contributed by atoms with E-state index in [1.165, 1.54) is 4.31 Å². The summed E-state index contributed by atoms with van der Waals surface area (Å²) in [5, 5.41) is 7.34. The highest BCUT2D eigenvalue weighted by atomic mass is 32.2. The minimum absolute atomic E-state index is 0.141. The molecule has 3 aromatic rings. The highest BCUT2D eigenvalue weighted by Crippen LogP contribution is 2.25. The molecule has 3 N–H and O–H groups in total. The third kappa shape index (κ3) is 3.70. The molecule has 10 heteroatoms. The Balaban J connectivity index is 1.52. The van der Waals surface area contributed by atoms with Gasteiger partial charge in [0.1, 0.15) is 5.82 Å². The van der Waals surface area contributed by atoms with Crippen molar-refractivity contribution in [2.75, 3.05) is 27.7 Å². The number of rotatable bonds is 5. The molecule has 0 amide bonds. The molecule has 0 spiro atoms. The molecule has 1 aromatic carbocycles. The highest BCUT2D eigenvalue weighted by molar-refractivity contribution is 7.93. The third-order valence-electron chi connectivity index (χ3n) is 4.24. The summed E-state index contributed by atoms with van der Waals surface area (Å²) in [5.74, 6) is 1.47. The van der Waals surface area contributed by atoms with Crippen LogP contribution in [0.2, 0.25) is 0 Å². The molecule has 9 nitrogen and oxygen atoms in total. The van der Waals surface area contributed by atoms with Gasteiger partial charge < -0.3 is 11.1 Å². The Hall–Kier alpha value is -3.14. The number of nitrogens with zero attached hydrogens (tertiary/aromatic N) is 5. The molecule has 1 aliphatic rings. The van der Waals surface area contributed by atoms with Gasteiger partial charge in [0.15, 0.2) is 5.82 Å². The van der Waals surface area contributed by atoms with Gasteiger partial charge in [0.25, 0.3) is 0 Å². The second kappa shape index (κ2) is 6.88. The number of hydrogen-bond acceptors (Lipinski definition) is 7. The van der Waals surface area contributed by atoms with E-state index in [2.05, 4.69) is 20.4 Å². The Morgan fingerprint density at radius 3 is 2.81 bits per heavy atom. The zero-order valence-corrected chi connectivity index (χ0v) is 15.3. The Morgan fingerprint density at radius 2 is 2.07 bits per heavy atom. The molecule has 0 unspecified atom stereocenters. The molecule has 1 fully saturated rings. The zero-order chi connectivity index (χ0) is 18.9. The summed E-state index contributed by atoms with van der Waals surface area (Å²) < 4.78 is 27.3. The van der Waals surface area contributed by atoms with E-state index < -0.39 is 10.0 Å². The van der Waals surface area contributed by atoms with Crippen LogP contribution >= 0.6 is 0 Å². The molecule has 1 aliphatic heterocycles. The SMILES string of the molecule is Nc1nc(NCc2cccc(N3CCCS3(=O)=O)c2)cc(-n2cccn2)n1. The molecule has 1 saturated heterocycles. The second-order valence-electron chi connectivity index (χ2n) is 6.19. The van der Waals surface area contributed by atoms with Gasteiger partial charge in [-0.3, -0.25) is 4.31 Å². The van der Waals surface area contributed by atoms with Crippen molar-refractivity contribution in [1.29, 1.82) is 0 Å². The maximum absolute atomic E-state index is 12.1. The molecule has 0 aliphatic carbocycles. The summed E-state index contributed by atoms with van der Waals surface area (Å²) in [5.41, 5.74) is 7.42. The van der Waals surface area contributed by atoms with Gasteiger partial charge in [0.05, 0.1) is 11.4 Å². The quantitative estimate of drug-likeness (QED) is 0.681. The molecule has 140 valence electrons. The predicted molar refractivity (Wildman–Crippen MR) is 103 cm³/mol. The number of sulfonamides is 1. The largest absolute Gasteiger partial charge is 0.368 e. The Bertz CT molecular complexity index is 1050. The fourth-order valence-electron chi connectivity index (χ4n) is 3.01. The first kappa shape index (κ1) is 17.3. The van der Waals surface area contributed by atoms with Crippen molar-refractivity contribution in [3.8, 4) is 5.82 Å². The van der Waals surface area contributed by atoms with Crippen molar-refractivity contribution in [2.24, 2.45) is 0 Å². The van der Waals surface area contributed by atoms with Crippen LogP contribution in [0.15, 0.2) is 48.8 Å².